The van der Waals surface area contributed by atoms with Crippen LogP contribution in [-0.2, 0) is 11.3 Å². The van der Waals surface area contributed by atoms with Crippen LogP contribution in [0.15, 0.2) is 47.6 Å². The van der Waals surface area contributed by atoms with Crippen LogP contribution < -0.4 is 14.8 Å². The molecule has 2 aromatic rings. The van der Waals surface area contributed by atoms with Crippen LogP contribution in [0.5, 0.6) is 11.5 Å². The zero-order valence-electron chi connectivity index (χ0n) is 22.4. The molecule has 1 aliphatic heterocycles. The van der Waals surface area contributed by atoms with E-state index in [1.165, 1.54) is 29.6 Å². The van der Waals surface area contributed by atoms with E-state index in [1.807, 2.05) is 56.3 Å². The third-order valence-corrected chi connectivity index (χ3v) is 7.22. The van der Waals surface area contributed by atoms with Crippen molar-refractivity contribution >= 4 is 34.5 Å². The molecule has 1 unspecified atom stereocenters. The molecule has 2 aromatic carbocycles. The Balaban J connectivity index is 1.41. The van der Waals surface area contributed by atoms with Gasteiger partial charge in [0.25, 0.3) is 0 Å². The Hall–Kier alpha value is -3.24. The van der Waals surface area contributed by atoms with Gasteiger partial charge in [0.1, 0.15) is 6.10 Å². The predicted molar refractivity (Wildman–Crippen MR) is 150 cm³/mol. The van der Waals surface area contributed by atoms with Gasteiger partial charge in [0.05, 0.1) is 25.5 Å². The molecule has 2 amide bonds. The summed E-state index contributed by atoms with van der Waals surface area (Å²) in [7, 11) is 5.49. The lowest BCUT2D eigenvalue weighted by atomic mass is 10.1. The van der Waals surface area contributed by atoms with Gasteiger partial charge < -0.3 is 19.1 Å². The van der Waals surface area contributed by atoms with Crippen LogP contribution in [0, 0.1) is 0 Å². The molecule has 1 N–H and O–H groups in total. The minimum absolute atomic E-state index is 0.106. The van der Waals surface area contributed by atoms with Crippen LogP contribution in [0.4, 0.5) is 15.3 Å². The Bertz CT molecular complexity index is 1150. The number of hydrogen-bond donors (Lipinski definition) is 1. The molecule has 38 heavy (non-hydrogen) atoms. The zero-order chi connectivity index (χ0) is 27.1. The van der Waals surface area contributed by atoms with Crippen LogP contribution in [-0.4, -0.2) is 72.7 Å². The van der Waals surface area contributed by atoms with Crippen LogP contribution >= 0.6 is 11.8 Å². The summed E-state index contributed by atoms with van der Waals surface area (Å²) in [5, 5.41) is 8.78. The standard InChI is InChI=1S/C28H36N4O5S/c1-19(16-31(2)3)36-27(33)29-22-12-9-20(10-13-22)17-32-28(34)38-18-24(30-32)21-11-14-25(35-4)26(15-21)37-23-7-5-6-8-23/h9-15,19,23H,5-8,16-18H2,1-4H3,(H,29,33). The van der Waals surface area contributed by atoms with Crippen LogP contribution in [0.25, 0.3) is 0 Å². The molecular formula is C28H36N4O5S. The maximum absolute atomic E-state index is 12.6. The molecule has 1 atom stereocenters. The highest BCUT2D eigenvalue weighted by molar-refractivity contribution is 8.14. The largest absolute Gasteiger partial charge is 0.493 e. The molecule has 0 spiro atoms. The number of carbonyl (C=O) groups is 2. The summed E-state index contributed by atoms with van der Waals surface area (Å²) in [5.41, 5.74) is 3.22. The van der Waals surface area contributed by atoms with Gasteiger partial charge >= 0.3 is 11.3 Å². The van der Waals surface area contributed by atoms with Crippen LogP contribution in [0.2, 0.25) is 0 Å². The maximum atomic E-state index is 12.6. The van der Waals surface area contributed by atoms with Crippen molar-refractivity contribution in [2.24, 2.45) is 5.10 Å². The van der Waals surface area contributed by atoms with Crippen molar-refractivity contribution in [3.8, 4) is 11.5 Å². The summed E-state index contributed by atoms with van der Waals surface area (Å²) >= 11 is 1.23. The van der Waals surface area contributed by atoms with Gasteiger partial charge in [-0.2, -0.15) is 5.10 Å². The number of benzene rings is 2. The van der Waals surface area contributed by atoms with E-state index in [4.69, 9.17) is 14.2 Å². The first-order chi connectivity index (χ1) is 18.3. The average Bonchev–Trinajstić information content (AvgIpc) is 3.39. The molecule has 1 saturated carbocycles. The van der Waals surface area contributed by atoms with Crippen molar-refractivity contribution in [3.05, 3.63) is 53.6 Å². The molecule has 0 saturated heterocycles. The minimum Gasteiger partial charge on any atom is -0.493 e. The SMILES string of the molecule is COc1ccc(C2=NN(Cc3ccc(NC(=O)OC(C)CN(C)C)cc3)C(=O)SC2)cc1OC1CCCC1. The highest BCUT2D eigenvalue weighted by Gasteiger charge is 2.24. The fraction of sp³-hybridized carbons (Fsp3) is 0.464. The molecule has 4 rings (SSSR count). The van der Waals surface area contributed by atoms with Crippen molar-refractivity contribution in [1.82, 2.24) is 9.91 Å². The number of likely N-dealkylation sites (N-methyl/N-ethyl adjacent to an activating group) is 1. The van der Waals surface area contributed by atoms with E-state index >= 15 is 0 Å². The summed E-state index contributed by atoms with van der Waals surface area (Å²) in [6.45, 7) is 2.81. The van der Waals surface area contributed by atoms with Crippen LogP contribution in [0.1, 0.15) is 43.7 Å². The second-order valence-corrected chi connectivity index (χ2v) is 10.8. The van der Waals surface area contributed by atoms with Crippen molar-refractivity contribution in [2.75, 3.05) is 38.8 Å². The number of nitrogens with one attached hydrogen (secondary N) is 1. The number of methoxy groups -OCH3 is 1. The van der Waals surface area contributed by atoms with Crippen molar-refractivity contribution in [2.45, 2.75) is 51.4 Å². The lowest BCUT2D eigenvalue weighted by Crippen LogP contribution is -2.30. The Kier molecular flexibility index (Phi) is 9.52. The normalized spacial score (nSPS) is 16.8. The van der Waals surface area contributed by atoms with Crippen molar-refractivity contribution in [1.29, 1.82) is 0 Å². The lowest BCUT2D eigenvalue weighted by molar-refractivity contribution is 0.103. The third kappa shape index (κ3) is 7.64. The number of hydrogen-bond acceptors (Lipinski definition) is 8. The molecule has 10 heteroatoms. The van der Waals surface area contributed by atoms with E-state index in [1.54, 1.807) is 19.2 Å². The molecular weight excluding hydrogens is 504 g/mol. The Labute approximate surface area is 228 Å². The zero-order valence-corrected chi connectivity index (χ0v) is 23.3. The highest BCUT2D eigenvalue weighted by Crippen LogP contribution is 2.33. The lowest BCUT2D eigenvalue weighted by Gasteiger charge is -2.24. The first-order valence-electron chi connectivity index (χ1n) is 12.9. The first-order valence-corrected chi connectivity index (χ1v) is 13.9. The quantitative estimate of drug-likeness (QED) is 0.420. The number of carbonyl (C=O) groups excluding carboxylic acids is 2. The van der Waals surface area contributed by atoms with Gasteiger partial charge in [0.2, 0.25) is 0 Å². The molecule has 1 fully saturated rings. The summed E-state index contributed by atoms with van der Waals surface area (Å²) in [6.07, 6.45) is 3.96. The molecule has 0 bridgehead atoms. The predicted octanol–water partition coefficient (Wildman–Crippen LogP) is 5.59. The second kappa shape index (κ2) is 13.0. The van der Waals surface area contributed by atoms with Crippen molar-refractivity contribution < 1.29 is 23.8 Å². The number of hydrazone groups is 1. The van der Waals surface area contributed by atoms with E-state index in [-0.39, 0.29) is 17.4 Å². The second-order valence-electron chi connectivity index (χ2n) is 9.85. The van der Waals surface area contributed by atoms with E-state index in [2.05, 4.69) is 10.4 Å². The molecule has 1 aliphatic carbocycles. The first kappa shape index (κ1) is 27.8. The molecule has 2 aliphatic rings. The number of ether oxygens (including phenoxy) is 3. The molecule has 0 aromatic heterocycles. The summed E-state index contributed by atoms with van der Waals surface area (Å²) in [4.78, 5) is 26.7. The minimum atomic E-state index is -0.500. The van der Waals surface area contributed by atoms with Gasteiger partial charge in [-0.1, -0.05) is 23.9 Å². The Morgan fingerprint density at radius 1 is 1.16 bits per heavy atom. The molecule has 9 nitrogen and oxygen atoms in total. The fourth-order valence-corrected chi connectivity index (χ4v) is 5.28. The molecule has 204 valence electrons. The Morgan fingerprint density at radius 2 is 1.89 bits per heavy atom. The van der Waals surface area contributed by atoms with Gasteiger partial charge in [0, 0.05) is 23.5 Å². The smallest absolute Gasteiger partial charge is 0.411 e. The summed E-state index contributed by atoms with van der Waals surface area (Å²) in [5.74, 6) is 1.90. The van der Waals surface area contributed by atoms with Gasteiger partial charge in [-0.3, -0.25) is 10.1 Å². The molecule has 1 heterocycles. The van der Waals surface area contributed by atoms with Gasteiger partial charge in [-0.25, -0.2) is 9.80 Å². The summed E-state index contributed by atoms with van der Waals surface area (Å²) in [6, 6.07) is 13.1. The number of anilines is 1. The third-order valence-electron chi connectivity index (χ3n) is 6.34. The topological polar surface area (TPSA) is 92.7 Å². The number of thioether (sulfide) groups is 1. The summed E-state index contributed by atoms with van der Waals surface area (Å²) < 4.78 is 17.1. The average molecular weight is 541 g/mol. The number of amides is 2. The Morgan fingerprint density at radius 3 is 2.58 bits per heavy atom. The number of rotatable bonds is 10. The van der Waals surface area contributed by atoms with Crippen molar-refractivity contribution in [3.63, 3.8) is 0 Å². The molecule has 0 radical (unpaired) electrons. The van der Waals surface area contributed by atoms with Gasteiger partial charge in [-0.15, -0.1) is 0 Å². The van der Waals surface area contributed by atoms with E-state index in [9.17, 15) is 9.59 Å². The van der Waals surface area contributed by atoms with E-state index in [0.717, 1.165) is 29.7 Å². The van der Waals surface area contributed by atoms with Crippen LogP contribution in [0.3, 0.4) is 0 Å². The fourth-order valence-electron chi connectivity index (χ4n) is 4.54. The highest BCUT2D eigenvalue weighted by atomic mass is 32.2. The monoisotopic (exact) mass is 540 g/mol. The number of nitrogens with zero attached hydrogens (tertiary/aromatic N) is 3. The maximum Gasteiger partial charge on any atom is 0.411 e. The van der Waals surface area contributed by atoms with Gasteiger partial charge in [0.15, 0.2) is 11.5 Å². The van der Waals surface area contributed by atoms with E-state index < -0.39 is 6.09 Å². The van der Waals surface area contributed by atoms with E-state index in [0.29, 0.717) is 36.0 Å². The van der Waals surface area contributed by atoms with Gasteiger partial charge in [-0.05, 0) is 82.6 Å².